The van der Waals surface area contributed by atoms with Crippen LogP contribution in [0, 0.1) is 11.8 Å². The van der Waals surface area contributed by atoms with Gasteiger partial charge in [0.2, 0.25) is 5.82 Å². The maximum Gasteiger partial charge on any atom is 0.291 e. The summed E-state index contributed by atoms with van der Waals surface area (Å²) in [6.45, 7) is 1.83. The summed E-state index contributed by atoms with van der Waals surface area (Å²) < 4.78 is 5.96. The lowest BCUT2D eigenvalue weighted by Gasteiger charge is -2.20. The van der Waals surface area contributed by atoms with E-state index in [0.29, 0.717) is 24.3 Å². The fraction of sp³-hybridized carbons (Fsp3) is 0.250. The van der Waals surface area contributed by atoms with Crippen molar-refractivity contribution < 1.29 is 14.3 Å². The number of rotatable bonds is 9. The van der Waals surface area contributed by atoms with Crippen molar-refractivity contribution in [2.24, 2.45) is 0 Å². The topological polar surface area (TPSA) is 112 Å². The van der Waals surface area contributed by atoms with Crippen LogP contribution in [0.2, 0.25) is 0 Å². The normalized spacial score (nSPS) is 12.8. The molecule has 3 aromatic carbocycles. The standard InChI is InChI=1S/C32H32N6O3/c1-38(2)28-17-24(9-8-23-10-12-25-14-15-33-19-26(25)16-23)11-13-29(28)41-21-27(20-39)34-32(40)31-35-30(36-37-31)18-22-6-4-3-5-7-22/h3-7,10-13,16-17,20,27,33H,14-15,18-19,21H2,1-2H3,(H,34,40)(H,35,36,37)/t27-/m1/s1. The first-order chi connectivity index (χ1) is 20.0. The van der Waals surface area contributed by atoms with Gasteiger partial charge in [-0.15, -0.1) is 5.10 Å². The number of benzene rings is 3. The van der Waals surface area contributed by atoms with Crippen molar-refractivity contribution in [2.75, 3.05) is 32.1 Å². The molecule has 0 saturated carbocycles. The van der Waals surface area contributed by atoms with Crippen LogP contribution >= 0.6 is 0 Å². The minimum atomic E-state index is -0.883. The summed E-state index contributed by atoms with van der Waals surface area (Å²) in [7, 11) is 3.82. The summed E-state index contributed by atoms with van der Waals surface area (Å²) in [5, 5.41) is 12.8. The highest BCUT2D eigenvalue weighted by Crippen LogP contribution is 2.28. The van der Waals surface area contributed by atoms with E-state index in [4.69, 9.17) is 4.74 Å². The van der Waals surface area contributed by atoms with Crippen molar-refractivity contribution in [2.45, 2.75) is 25.4 Å². The number of hydrogen-bond acceptors (Lipinski definition) is 7. The molecular formula is C32H32N6O3. The largest absolute Gasteiger partial charge is 0.489 e. The van der Waals surface area contributed by atoms with E-state index in [1.54, 1.807) is 0 Å². The second-order valence-electron chi connectivity index (χ2n) is 10.0. The zero-order valence-corrected chi connectivity index (χ0v) is 23.1. The molecule has 4 aromatic rings. The Morgan fingerprint density at radius 1 is 1.07 bits per heavy atom. The first-order valence-electron chi connectivity index (χ1n) is 13.5. The molecule has 0 radical (unpaired) electrons. The van der Waals surface area contributed by atoms with Crippen LogP contribution in [-0.4, -0.2) is 60.7 Å². The summed E-state index contributed by atoms with van der Waals surface area (Å²) in [6.07, 6.45) is 2.19. The molecule has 2 heterocycles. The van der Waals surface area contributed by atoms with Gasteiger partial charge in [0.25, 0.3) is 5.91 Å². The Kier molecular flexibility index (Phi) is 8.72. The van der Waals surface area contributed by atoms with Crippen LogP contribution in [0.25, 0.3) is 0 Å². The van der Waals surface area contributed by atoms with Crippen LogP contribution in [0.5, 0.6) is 5.75 Å². The number of nitrogens with zero attached hydrogens (tertiary/aromatic N) is 3. The van der Waals surface area contributed by atoms with E-state index in [2.05, 4.69) is 55.9 Å². The highest BCUT2D eigenvalue weighted by atomic mass is 16.5. The lowest BCUT2D eigenvalue weighted by molar-refractivity contribution is -0.110. The molecule has 1 aromatic heterocycles. The van der Waals surface area contributed by atoms with Gasteiger partial charge in [-0.3, -0.25) is 9.89 Å². The van der Waals surface area contributed by atoms with E-state index >= 15 is 0 Å². The molecule has 3 N–H and O–H groups in total. The van der Waals surface area contributed by atoms with Crippen molar-refractivity contribution in [1.82, 2.24) is 25.8 Å². The van der Waals surface area contributed by atoms with Crippen LogP contribution in [0.1, 0.15) is 44.3 Å². The first-order valence-corrected chi connectivity index (χ1v) is 13.5. The Balaban J connectivity index is 1.21. The maximum absolute atomic E-state index is 12.7. The number of H-pyrrole nitrogens is 1. The number of aromatic nitrogens is 3. The number of carbonyl (C=O) groups excluding carboxylic acids is 2. The van der Waals surface area contributed by atoms with Gasteiger partial charge in [0.1, 0.15) is 30.5 Å². The van der Waals surface area contributed by atoms with E-state index in [1.807, 2.05) is 67.5 Å². The molecule has 9 nitrogen and oxygen atoms in total. The molecule has 41 heavy (non-hydrogen) atoms. The lowest BCUT2D eigenvalue weighted by atomic mass is 9.98. The Labute approximate surface area is 239 Å². The van der Waals surface area contributed by atoms with E-state index in [9.17, 15) is 9.59 Å². The quantitative estimate of drug-likeness (QED) is 0.218. The highest BCUT2D eigenvalue weighted by molar-refractivity contribution is 5.92. The summed E-state index contributed by atoms with van der Waals surface area (Å²) in [5.74, 6) is 7.05. The minimum absolute atomic E-state index is 0.0325. The predicted molar refractivity (Wildman–Crippen MR) is 157 cm³/mol. The SMILES string of the molecule is CN(C)c1cc(C#Cc2ccc3c(c2)CNCC3)ccc1OC[C@@H](C=O)NC(=O)c1n[nH]c(Cc2ccccc2)n1. The predicted octanol–water partition coefficient (Wildman–Crippen LogP) is 2.88. The molecule has 208 valence electrons. The second-order valence-corrected chi connectivity index (χ2v) is 10.0. The number of nitrogens with one attached hydrogen (secondary N) is 3. The van der Waals surface area contributed by atoms with Gasteiger partial charge < -0.3 is 25.1 Å². The van der Waals surface area contributed by atoms with Crippen molar-refractivity contribution in [3.8, 4) is 17.6 Å². The summed E-state index contributed by atoms with van der Waals surface area (Å²) >= 11 is 0. The Hall–Kier alpha value is -4.94. The van der Waals surface area contributed by atoms with Gasteiger partial charge in [-0.2, -0.15) is 0 Å². The summed E-state index contributed by atoms with van der Waals surface area (Å²) in [5.41, 5.74) is 6.34. The van der Waals surface area contributed by atoms with Crippen LogP contribution in [0.4, 0.5) is 5.69 Å². The fourth-order valence-corrected chi connectivity index (χ4v) is 4.56. The molecule has 0 spiro atoms. The number of fused-ring (bicyclic) bond motifs is 1. The van der Waals surface area contributed by atoms with E-state index in [-0.39, 0.29) is 12.4 Å². The number of aromatic amines is 1. The molecule has 0 fully saturated rings. The van der Waals surface area contributed by atoms with Crippen molar-refractivity contribution in [1.29, 1.82) is 0 Å². The van der Waals surface area contributed by atoms with Crippen molar-refractivity contribution in [3.05, 3.63) is 106 Å². The molecule has 0 unspecified atom stereocenters. The van der Waals surface area contributed by atoms with Gasteiger partial charge in [-0.25, -0.2) is 4.98 Å². The van der Waals surface area contributed by atoms with Crippen LogP contribution in [0.3, 0.4) is 0 Å². The molecule has 0 aliphatic carbocycles. The van der Waals surface area contributed by atoms with Crippen LogP contribution in [-0.2, 0) is 24.2 Å². The summed E-state index contributed by atoms with van der Waals surface area (Å²) in [4.78, 5) is 30.6. The number of carbonyl (C=O) groups is 2. The van der Waals surface area contributed by atoms with Crippen LogP contribution < -0.4 is 20.3 Å². The van der Waals surface area contributed by atoms with E-state index in [0.717, 1.165) is 41.9 Å². The van der Waals surface area contributed by atoms with E-state index in [1.165, 1.54) is 11.1 Å². The Morgan fingerprint density at radius 3 is 2.63 bits per heavy atom. The van der Waals surface area contributed by atoms with Gasteiger partial charge in [0, 0.05) is 38.2 Å². The summed E-state index contributed by atoms with van der Waals surface area (Å²) in [6, 6.07) is 20.9. The average molecular weight is 549 g/mol. The third-order valence-electron chi connectivity index (χ3n) is 6.73. The van der Waals surface area contributed by atoms with Gasteiger partial charge in [-0.05, 0) is 60.0 Å². The molecule has 5 rings (SSSR count). The number of aldehydes is 1. The molecule has 1 atom stereocenters. The number of amides is 1. The Morgan fingerprint density at radius 2 is 1.85 bits per heavy atom. The third kappa shape index (κ3) is 7.18. The molecule has 9 heteroatoms. The Bertz CT molecular complexity index is 1590. The average Bonchev–Trinajstić information content (AvgIpc) is 3.47. The minimum Gasteiger partial charge on any atom is -0.489 e. The lowest BCUT2D eigenvalue weighted by Crippen LogP contribution is -2.40. The zero-order valence-electron chi connectivity index (χ0n) is 23.1. The molecule has 0 saturated heterocycles. The maximum atomic E-state index is 12.7. The number of ether oxygens (including phenoxy) is 1. The highest BCUT2D eigenvalue weighted by Gasteiger charge is 2.19. The van der Waals surface area contributed by atoms with Gasteiger partial charge in [0.05, 0.1) is 5.69 Å². The molecular weight excluding hydrogens is 516 g/mol. The van der Waals surface area contributed by atoms with Crippen molar-refractivity contribution >= 4 is 17.9 Å². The molecule has 1 aliphatic heterocycles. The monoisotopic (exact) mass is 548 g/mol. The van der Waals surface area contributed by atoms with E-state index < -0.39 is 11.9 Å². The van der Waals surface area contributed by atoms with Crippen molar-refractivity contribution in [3.63, 3.8) is 0 Å². The molecule has 0 bridgehead atoms. The smallest absolute Gasteiger partial charge is 0.291 e. The number of hydrogen-bond donors (Lipinski definition) is 3. The van der Waals surface area contributed by atoms with Gasteiger partial charge in [0.15, 0.2) is 0 Å². The molecule has 1 amide bonds. The zero-order chi connectivity index (χ0) is 28.6. The fourth-order valence-electron chi connectivity index (χ4n) is 4.56. The molecule has 1 aliphatic rings. The number of anilines is 1. The van der Waals surface area contributed by atoms with Gasteiger partial charge >= 0.3 is 0 Å². The first kappa shape index (κ1) is 27.6. The second kappa shape index (κ2) is 12.9. The third-order valence-corrected chi connectivity index (χ3v) is 6.73. The van der Waals surface area contributed by atoms with Crippen LogP contribution in [0.15, 0.2) is 66.7 Å². The van der Waals surface area contributed by atoms with Gasteiger partial charge in [-0.1, -0.05) is 48.2 Å².